The number of nitrogens with zero attached hydrogens (tertiary/aromatic N) is 3. The highest BCUT2D eigenvalue weighted by Gasteiger charge is 2.09. The SMILES string of the molecule is CCNCCNC(=O)Cn1nc2ccccn2c1=O. The molecule has 0 radical (unpaired) electrons. The lowest BCUT2D eigenvalue weighted by Crippen LogP contribution is -2.36. The van der Waals surface area contributed by atoms with Gasteiger partial charge in [-0.3, -0.25) is 9.20 Å². The van der Waals surface area contributed by atoms with E-state index in [4.69, 9.17) is 0 Å². The Morgan fingerprint density at radius 2 is 2.21 bits per heavy atom. The minimum Gasteiger partial charge on any atom is -0.353 e. The van der Waals surface area contributed by atoms with E-state index in [0.717, 1.165) is 11.2 Å². The molecular formula is C12H17N5O2. The van der Waals surface area contributed by atoms with Crippen molar-refractivity contribution in [3.8, 4) is 0 Å². The number of carbonyl (C=O) groups is 1. The zero-order chi connectivity index (χ0) is 13.7. The third-order valence-electron chi connectivity index (χ3n) is 2.66. The fourth-order valence-electron chi connectivity index (χ4n) is 1.73. The van der Waals surface area contributed by atoms with Crippen LogP contribution >= 0.6 is 0 Å². The van der Waals surface area contributed by atoms with Gasteiger partial charge in [-0.2, -0.15) is 0 Å². The van der Waals surface area contributed by atoms with Crippen LogP contribution in [0.25, 0.3) is 5.65 Å². The average Bonchev–Trinajstić information content (AvgIpc) is 2.72. The fourth-order valence-corrected chi connectivity index (χ4v) is 1.73. The summed E-state index contributed by atoms with van der Waals surface area (Å²) in [6, 6.07) is 5.26. The van der Waals surface area contributed by atoms with Crippen LogP contribution in [0.3, 0.4) is 0 Å². The quantitative estimate of drug-likeness (QED) is 0.670. The first-order chi connectivity index (χ1) is 9.22. The van der Waals surface area contributed by atoms with Crippen LogP contribution in [-0.4, -0.2) is 39.7 Å². The van der Waals surface area contributed by atoms with E-state index in [0.29, 0.717) is 18.7 Å². The van der Waals surface area contributed by atoms with Gasteiger partial charge in [-0.1, -0.05) is 13.0 Å². The maximum Gasteiger partial charge on any atom is 0.350 e. The minimum absolute atomic E-state index is 0.0629. The van der Waals surface area contributed by atoms with Gasteiger partial charge in [0.15, 0.2) is 5.65 Å². The zero-order valence-electron chi connectivity index (χ0n) is 10.8. The molecule has 102 valence electrons. The molecule has 0 saturated heterocycles. The normalized spacial score (nSPS) is 10.8. The summed E-state index contributed by atoms with van der Waals surface area (Å²) >= 11 is 0. The van der Waals surface area contributed by atoms with E-state index in [1.165, 1.54) is 4.40 Å². The Morgan fingerprint density at radius 3 is 2.95 bits per heavy atom. The second kappa shape index (κ2) is 6.14. The van der Waals surface area contributed by atoms with Crippen LogP contribution in [0, 0.1) is 0 Å². The van der Waals surface area contributed by atoms with E-state index in [1.807, 2.05) is 6.92 Å². The van der Waals surface area contributed by atoms with Gasteiger partial charge in [0.25, 0.3) is 0 Å². The first-order valence-corrected chi connectivity index (χ1v) is 6.24. The monoisotopic (exact) mass is 263 g/mol. The second-order valence-electron chi connectivity index (χ2n) is 4.07. The molecule has 19 heavy (non-hydrogen) atoms. The molecule has 0 spiro atoms. The van der Waals surface area contributed by atoms with Gasteiger partial charge in [-0.15, -0.1) is 5.10 Å². The van der Waals surface area contributed by atoms with Crippen LogP contribution in [0.15, 0.2) is 29.2 Å². The smallest absolute Gasteiger partial charge is 0.350 e. The zero-order valence-corrected chi connectivity index (χ0v) is 10.8. The molecule has 0 aliphatic rings. The molecule has 0 bridgehead atoms. The molecule has 0 aliphatic heterocycles. The Kier molecular flexibility index (Phi) is 4.30. The van der Waals surface area contributed by atoms with Crippen LogP contribution < -0.4 is 16.3 Å². The molecule has 2 N–H and O–H groups in total. The van der Waals surface area contributed by atoms with E-state index < -0.39 is 0 Å². The van der Waals surface area contributed by atoms with Crippen molar-refractivity contribution in [1.29, 1.82) is 0 Å². The van der Waals surface area contributed by atoms with Gasteiger partial charge in [0.2, 0.25) is 5.91 Å². The number of nitrogens with one attached hydrogen (secondary N) is 2. The third kappa shape index (κ3) is 3.19. The molecule has 2 aromatic rings. The maximum atomic E-state index is 11.9. The maximum absolute atomic E-state index is 11.9. The predicted octanol–water partition coefficient (Wildman–Crippen LogP) is -0.778. The lowest BCUT2D eigenvalue weighted by molar-refractivity contribution is -0.121. The minimum atomic E-state index is -0.308. The second-order valence-corrected chi connectivity index (χ2v) is 4.07. The lowest BCUT2D eigenvalue weighted by atomic mass is 10.5. The molecule has 2 heterocycles. The van der Waals surface area contributed by atoms with Crippen molar-refractivity contribution in [3.63, 3.8) is 0 Å². The van der Waals surface area contributed by atoms with E-state index in [1.54, 1.807) is 24.4 Å². The van der Waals surface area contributed by atoms with E-state index in [-0.39, 0.29) is 18.1 Å². The van der Waals surface area contributed by atoms with E-state index >= 15 is 0 Å². The Balaban J connectivity index is 1.99. The first-order valence-electron chi connectivity index (χ1n) is 6.24. The van der Waals surface area contributed by atoms with Gasteiger partial charge < -0.3 is 10.6 Å². The molecule has 0 atom stereocenters. The highest BCUT2D eigenvalue weighted by molar-refractivity contribution is 5.75. The van der Waals surface area contributed by atoms with Gasteiger partial charge in [0, 0.05) is 19.3 Å². The summed E-state index contributed by atoms with van der Waals surface area (Å²) < 4.78 is 2.57. The van der Waals surface area contributed by atoms with Crippen molar-refractivity contribution >= 4 is 11.6 Å². The molecule has 1 amide bonds. The summed E-state index contributed by atoms with van der Waals surface area (Å²) in [6.07, 6.45) is 1.63. The van der Waals surface area contributed by atoms with Crippen LogP contribution in [-0.2, 0) is 11.3 Å². The van der Waals surface area contributed by atoms with Gasteiger partial charge in [-0.25, -0.2) is 9.48 Å². The number of carbonyl (C=O) groups excluding carboxylic acids is 1. The van der Waals surface area contributed by atoms with Gasteiger partial charge in [0.1, 0.15) is 6.54 Å². The Hall–Kier alpha value is -2.15. The number of hydrogen-bond acceptors (Lipinski definition) is 4. The summed E-state index contributed by atoms with van der Waals surface area (Å²) in [6.45, 7) is 4.05. The number of likely N-dealkylation sites (N-methyl/N-ethyl adjacent to an activating group) is 1. The van der Waals surface area contributed by atoms with Crippen molar-refractivity contribution in [2.45, 2.75) is 13.5 Å². The van der Waals surface area contributed by atoms with Crippen molar-refractivity contribution in [3.05, 3.63) is 34.9 Å². The van der Waals surface area contributed by atoms with Gasteiger partial charge in [0.05, 0.1) is 0 Å². The summed E-state index contributed by atoms with van der Waals surface area (Å²) in [4.78, 5) is 23.6. The van der Waals surface area contributed by atoms with Crippen molar-refractivity contribution in [1.82, 2.24) is 24.8 Å². The summed E-state index contributed by atoms with van der Waals surface area (Å²) in [5.41, 5.74) is 0.227. The number of hydrogen-bond donors (Lipinski definition) is 2. The van der Waals surface area contributed by atoms with Crippen LogP contribution in [0.4, 0.5) is 0 Å². The number of rotatable bonds is 6. The molecular weight excluding hydrogens is 246 g/mol. The molecule has 7 nitrogen and oxygen atoms in total. The average molecular weight is 263 g/mol. The van der Waals surface area contributed by atoms with Crippen molar-refractivity contribution < 1.29 is 4.79 Å². The van der Waals surface area contributed by atoms with Crippen molar-refractivity contribution in [2.75, 3.05) is 19.6 Å². The molecule has 2 rings (SSSR count). The largest absolute Gasteiger partial charge is 0.353 e. The number of fused-ring (bicyclic) bond motifs is 1. The standard InChI is InChI=1S/C12H17N5O2/c1-2-13-6-7-14-11(18)9-17-12(19)16-8-4-3-5-10(16)15-17/h3-5,8,13H,2,6-7,9H2,1H3,(H,14,18). The fraction of sp³-hybridized carbons (Fsp3) is 0.417. The highest BCUT2D eigenvalue weighted by Crippen LogP contribution is 1.94. The van der Waals surface area contributed by atoms with E-state index in [9.17, 15) is 9.59 Å². The summed E-state index contributed by atoms with van der Waals surface area (Å²) in [5, 5.41) is 9.91. The predicted molar refractivity (Wildman–Crippen MR) is 71.0 cm³/mol. The highest BCUT2D eigenvalue weighted by atomic mass is 16.2. The Morgan fingerprint density at radius 1 is 1.37 bits per heavy atom. The van der Waals surface area contributed by atoms with Crippen LogP contribution in [0.1, 0.15) is 6.92 Å². The molecule has 0 saturated carbocycles. The topological polar surface area (TPSA) is 80.4 Å². The molecule has 0 fully saturated rings. The lowest BCUT2D eigenvalue weighted by Gasteiger charge is -2.04. The Labute approximate surface area is 110 Å². The molecule has 7 heteroatoms. The molecule has 2 aromatic heterocycles. The number of pyridine rings is 1. The van der Waals surface area contributed by atoms with Gasteiger partial charge >= 0.3 is 5.69 Å². The first kappa shape index (κ1) is 13.3. The number of amides is 1. The van der Waals surface area contributed by atoms with Gasteiger partial charge in [-0.05, 0) is 18.7 Å². The molecule has 0 unspecified atom stereocenters. The van der Waals surface area contributed by atoms with Crippen LogP contribution in [0.2, 0.25) is 0 Å². The molecule has 0 aromatic carbocycles. The Bertz CT molecular complexity index is 616. The van der Waals surface area contributed by atoms with E-state index in [2.05, 4.69) is 15.7 Å². The van der Waals surface area contributed by atoms with Crippen LogP contribution in [0.5, 0.6) is 0 Å². The third-order valence-corrected chi connectivity index (χ3v) is 2.66. The summed E-state index contributed by atoms with van der Waals surface area (Å²) in [7, 11) is 0. The molecule has 0 aliphatic carbocycles. The van der Waals surface area contributed by atoms with Crippen molar-refractivity contribution in [2.24, 2.45) is 0 Å². The summed E-state index contributed by atoms with van der Waals surface area (Å²) in [5.74, 6) is -0.219. The number of aromatic nitrogens is 3.